The molecular formula is C11H25N3O. The zero-order chi connectivity index (χ0) is 11.8. The summed E-state index contributed by atoms with van der Waals surface area (Å²) < 4.78 is 0. The van der Waals surface area contributed by atoms with Gasteiger partial charge in [-0.1, -0.05) is 27.7 Å². The van der Waals surface area contributed by atoms with Crippen LogP contribution in [0.2, 0.25) is 0 Å². The van der Waals surface area contributed by atoms with Gasteiger partial charge in [0.25, 0.3) is 0 Å². The highest BCUT2D eigenvalue weighted by atomic mass is 16.2. The monoisotopic (exact) mass is 215 g/mol. The van der Waals surface area contributed by atoms with Crippen molar-refractivity contribution in [1.29, 1.82) is 0 Å². The van der Waals surface area contributed by atoms with Crippen molar-refractivity contribution in [3.8, 4) is 0 Å². The molecule has 0 aliphatic heterocycles. The Morgan fingerprint density at radius 1 is 1.13 bits per heavy atom. The van der Waals surface area contributed by atoms with E-state index >= 15 is 0 Å². The smallest absolute Gasteiger partial charge is 0.329 e. The van der Waals surface area contributed by atoms with Gasteiger partial charge in [0.05, 0.1) is 0 Å². The maximum Gasteiger partial charge on any atom is 0.329 e. The van der Waals surface area contributed by atoms with E-state index < -0.39 is 0 Å². The number of hydrogen-bond acceptors (Lipinski definition) is 2. The lowest BCUT2D eigenvalue weighted by molar-refractivity contribution is 0.233. The van der Waals surface area contributed by atoms with Crippen LogP contribution in [0, 0.1) is 11.8 Å². The highest BCUT2D eigenvalue weighted by Gasteiger charge is 2.13. The van der Waals surface area contributed by atoms with E-state index in [9.17, 15) is 4.79 Å². The van der Waals surface area contributed by atoms with E-state index in [0.717, 1.165) is 19.3 Å². The van der Waals surface area contributed by atoms with Crippen molar-refractivity contribution in [2.24, 2.45) is 17.7 Å². The van der Waals surface area contributed by atoms with Gasteiger partial charge in [0.15, 0.2) is 0 Å². The maximum atomic E-state index is 11.1. The molecule has 0 heterocycles. The summed E-state index contributed by atoms with van der Waals surface area (Å²) in [4.78, 5) is 11.1. The Morgan fingerprint density at radius 3 is 2.13 bits per heavy atom. The Hall–Kier alpha value is -0.770. The zero-order valence-electron chi connectivity index (χ0n) is 10.3. The molecule has 0 fully saturated rings. The quantitative estimate of drug-likeness (QED) is 0.360. The molecule has 4 N–H and O–H groups in total. The Morgan fingerprint density at radius 2 is 1.73 bits per heavy atom. The molecule has 0 aromatic carbocycles. The SMILES string of the molecule is CC(C)CCC(CC(C)C)NC(=O)NN. The third-order valence-electron chi connectivity index (χ3n) is 2.31. The molecule has 4 heteroatoms. The number of amides is 2. The molecule has 0 bridgehead atoms. The van der Waals surface area contributed by atoms with Crippen molar-refractivity contribution in [3.63, 3.8) is 0 Å². The van der Waals surface area contributed by atoms with Gasteiger partial charge < -0.3 is 5.32 Å². The number of hydrazine groups is 1. The number of nitrogens with two attached hydrogens (primary N) is 1. The summed E-state index contributed by atoms with van der Waals surface area (Å²) in [6, 6.07) is -0.0552. The van der Waals surface area contributed by atoms with Gasteiger partial charge in [-0.05, 0) is 31.1 Å². The molecule has 0 spiro atoms. The first-order valence-corrected chi connectivity index (χ1v) is 5.72. The first-order valence-electron chi connectivity index (χ1n) is 5.72. The molecular weight excluding hydrogens is 190 g/mol. The van der Waals surface area contributed by atoms with Crippen LogP contribution in [0.5, 0.6) is 0 Å². The van der Waals surface area contributed by atoms with E-state index in [1.54, 1.807) is 0 Å². The normalized spacial score (nSPS) is 13.0. The molecule has 1 unspecified atom stereocenters. The van der Waals surface area contributed by atoms with Crippen molar-refractivity contribution in [2.75, 3.05) is 0 Å². The molecule has 0 rings (SSSR count). The number of carbonyl (C=O) groups is 1. The van der Waals surface area contributed by atoms with Gasteiger partial charge in [-0.15, -0.1) is 0 Å². The molecule has 0 aliphatic carbocycles. The van der Waals surface area contributed by atoms with Gasteiger partial charge in [-0.25, -0.2) is 10.6 Å². The van der Waals surface area contributed by atoms with Crippen molar-refractivity contribution in [2.45, 2.75) is 53.0 Å². The number of carbonyl (C=O) groups excluding carboxylic acids is 1. The minimum absolute atomic E-state index is 0.232. The summed E-state index contributed by atoms with van der Waals surface area (Å²) in [5.74, 6) is 6.30. The summed E-state index contributed by atoms with van der Waals surface area (Å²) in [7, 11) is 0. The lowest BCUT2D eigenvalue weighted by atomic mass is 9.96. The fourth-order valence-electron chi connectivity index (χ4n) is 1.58. The number of rotatable bonds is 6. The topological polar surface area (TPSA) is 67.2 Å². The molecule has 4 nitrogen and oxygen atoms in total. The number of hydrogen-bond donors (Lipinski definition) is 3. The van der Waals surface area contributed by atoms with E-state index in [0.29, 0.717) is 11.8 Å². The van der Waals surface area contributed by atoms with Crippen LogP contribution in [0.1, 0.15) is 47.0 Å². The molecule has 90 valence electrons. The molecule has 0 saturated carbocycles. The van der Waals surface area contributed by atoms with Gasteiger partial charge in [-0.3, -0.25) is 5.43 Å². The Labute approximate surface area is 93.0 Å². The molecule has 0 aliphatic rings. The molecule has 0 radical (unpaired) electrons. The fraction of sp³-hybridized carbons (Fsp3) is 0.909. The molecule has 15 heavy (non-hydrogen) atoms. The summed E-state index contributed by atoms with van der Waals surface area (Å²) >= 11 is 0. The average Bonchev–Trinajstić information content (AvgIpc) is 2.13. The zero-order valence-corrected chi connectivity index (χ0v) is 10.3. The molecule has 1 atom stereocenters. The Balaban J connectivity index is 4.00. The van der Waals surface area contributed by atoms with E-state index in [2.05, 4.69) is 38.4 Å². The second-order valence-electron chi connectivity index (χ2n) is 4.92. The van der Waals surface area contributed by atoms with E-state index in [1.807, 2.05) is 0 Å². The van der Waals surface area contributed by atoms with Crippen molar-refractivity contribution >= 4 is 6.03 Å². The summed E-state index contributed by atoms with van der Waals surface area (Å²) in [6.45, 7) is 8.69. The molecule has 0 aromatic rings. The summed E-state index contributed by atoms with van der Waals surface area (Å²) in [6.07, 6.45) is 3.14. The van der Waals surface area contributed by atoms with E-state index in [4.69, 9.17) is 5.84 Å². The van der Waals surface area contributed by atoms with E-state index in [1.165, 1.54) is 0 Å². The minimum atomic E-state index is -0.288. The second-order valence-corrected chi connectivity index (χ2v) is 4.92. The van der Waals surface area contributed by atoms with Gasteiger partial charge in [-0.2, -0.15) is 0 Å². The van der Waals surface area contributed by atoms with Crippen LogP contribution in [0.4, 0.5) is 4.79 Å². The van der Waals surface area contributed by atoms with E-state index in [-0.39, 0.29) is 12.1 Å². The third kappa shape index (κ3) is 8.24. The largest absolute Gasteiger partial charge is 0.334 e. The molecule has 0 saturated heterocycles. The van der Waals surface area contributed by atoms with Crippen LogP contribution < -0.4 is 16.6 Å². The number of urea groups is 1. The van der Waals surface area contributed by atoms with Crippen molar-refractivity contribution in [3.05, 3.63) is 0 Å². The van der Waals surface area contributed by atoms with Crippen LogP contribution in [-0.2, 0) is 0 Å². The standard InChI is InChI=1S/C11H25N3O/c1-8(2)5-6-10(7-9(3)4)13-11(15)14-12/h8-10H,5-7,12H2,1-4H3,(H2,13,14,15). The predicted molar refractivity (Wildman–Crippen MR) is 63.2 cm³/mol. The third-order valence-corrected chi connectivity index (χ3v) is 2.31. The lowest BCUT2D eigenvalue weighted by Gasteiger charge is -2.21. The summed E-state index contributed by atoms with van der Waals surface area (Å²) in [5, 5.41) is 2.88. The second kappa shape index (κ2) is 7.51. The van der Waals surface area contributed by atoms with Crippen LogP contribution >= 0.6 is 0 Å². The van der Waals surface area contributed by atoms with Crippen LogP contribution in [-0.4, -0.2) is 12.1 Å². The Kier molecular flexibility index (Phi) is 7.13. The average molecular weight is 215 g/mol. The van der Waals surface area contributed by atoms with Crippen molar-refractivity contribution in [1.82, 2.24) is 10.7 Å². The van der Waals surface area contributed by atoms with Crippen LogP contribution in [0.15, 0.2) is 0 Å². The van der Waals surface area contributed by atoms with Gasteiger partial charge in [0.2, 0.25) is 0 Å². The van der Waals surface area contributed by atoms with Gasteiger partial charge in [0.1, 0.15) is 0 Å². The van der Waals surface area contributed by atoms with Crippen molar-refractivity contribution < 1.29 is 4.79 Å². The maximum absolute atomic E-state index is 11.1. The van der Waals surface area contributed by atoms with Crippen LogP contribution in [0.25, 0.3) is 0 Å². The highest BCUT2D eigenvalue weighted by Crippen LogP contribution is 2.13. The number of nitrogens with one attached hydrogen (secondary N) is 2. The predicted octanol–water partition coefficient (Wildman–Crippen LogP) is 2.01. The highest BCUT2D eigenvalue weighted by molar-refractivity contribution is 5.73. The lowest BCUT2D eigenvalue weighted by Crippen LogP contribution is -2.45. The van der Waals surface area contributed by atoms with Gasteiger partial charge in [0, 0.05) is 6.04 Å². The minimum Gasteiger partial charge on any atom is -0.334 e. The Bertz CT molecular complexity index is 181. The first kappa shape index (κ1) is 14.2. The summed E-state index contributed by atoms with van der Waals surface area (Å²) in [5.41, 5.74) is 2.11. The fourth-order valence-corrected chi connectivity index (χ4v) is 1.58. The molecule has 0 aromatic heterocycles. The molecule has 2 amide bonds. The van der Waals surface area contributed by atoms with Crippen LogP contribution in [0.3, 0.4) is 0 Å². The van der Waals surface area contributed by atoms with Gasteiger partial charge >= 0.3 is 6.03 Å². The first-order chi connectivity index (χ1) is 6.95.